The first-order valence-corrected chi connectivity index (χ1v) is 7.41. The Kier molecular flexibility index (Phi) is 5.04. The highest BCUT2D eigenvalue weighted by Gasteiger charge is 2.20. The molecule has 1 aliphatic heterocycles. The Hall–Kier alpha value is -0.130. The topological polar surface area (TPSA) is 29.5 Å². The van der Waals surface area contributed by atoms with E-state index in [-0.39, 0.29) is 11.9 Å². The molecule has 2 heterocycles. The number of hydrogen-bond acceptors (Lipinski definition) is 4. The summed E-state index contributed by atoms with van der Waals surface area (Å²) in [4.78, 5) is 14.0. The van der Waals surface area contributed by atoms with Crippen molar-refractivity contribution in [2.45, 2.75) is 18.9 Å². The third kappa shape index (κ3) is 3.68. The van der Waals surface area contributed by atoms with Crippen molar-refractivity contribution in [1.29, 1.82) is 0 Å². The van der Waals surface area contributed by atoms with Crippen LogP contribution in [-0.4, -0.2) is 43.5 Å². The fraction of sp³-hybridized carbons (Fsp3) is 0.583. The molecule has 0 saturated carbocycles. The molecule has 1 fully saturated rings. The quantitative estimate of drug-likeness (QED) is 0.781. The van der Waals surface area contributed by atoms with Gasteiger partial charge in [0.15, 0.2) is 5.78 Å². The highest BCUT2D eigenvalue weighted by atomic mass is 35.5. The van der Waals surface area contributed by atoms with Crippen molar-refractivity contribution >= 4 is 40.3 Å². The zero-order chi connectivity index (χ0) is 13.1. The van der Waals surface area contributed by atoms with Gasteiger partial charge in [-0.05, 0) is 26.0 Å². The molecule has 1 aliphatic rings. The van der Waals surface area contributed by atoms with E-state index in [1.165, 1.54) is 11.3 Å². The summed E-state index contributed by atoms with van der Waals surface area (Å²) in [6.07, 6.45) is 2.44. The van der Waals surface area contributed by atoms with E-state index in [4.69, 9.17) is 27.9 Å². The van der Waals surface area contributed by atoms with E-state index in [9.17, 15) is 4.79 Å². The summed E-state index contributed by atoms with van der Waals surface area (Å²) in [6.45, 7) is 1.95. The van der Waals surface area contributed by atoms with Gasteiger partial charge in [0, 0.05) is 13.2 Å². The fourth-order valence-electron chi connectivity index (χ4n) is 2.06. The number of hydrogen-bond donors (Lipinski definition) is 0. The van der Waals surface area contributed by atoms with Gasteiger partial charge in [-0.3, -0.25) is 9.69 Å². The summed E-state index contributed by atoms with van der Waals surface area (Å²) in [5.41, 5.74) is 0.519. The first-order chi connectivity index (χ1) is 8.56. The highest BCUT2D eigenvalue weighted by Crippen LogP contribution is 2.31. The van der Waals surface area contributed by atoms with Crippen molar-refractivity contribution in [2.75, 3.05) is 26.7 Å². The predicted molar refractivity (Wildman–Crippen MR) is 75.1 cm³/mol. The van der Waals surface area contributed by atoms with Gasteiger partial charge >= 0.3 is 0 Å². The van der Waals surface area contributed by atoms with Crippen LogP contribution in [-0.2, 0) is 4.74 Å². The molecule has 0 aliphatic carbocycles. The maximum Gasteiger partial charge on any atom is 0.179 e. The minimum absolute atomic E-state index is 0.00338. The van der Waals surface area contributed by atoms with Crippen LogP contribution in [0.4, 0.5) is 0 Å². The number of likely N-dealkylation sites (N-methyl/N-ethyl adjacent to an activating group) is 1. The normalized spacial score (nSPS) is 19.7. The summed E-state index contributed by atoms with van der Waals surface area (Å²) in [7, 11) is 1.92. The molecule has 1 aromatic rings. The average molecular weight is 308 g/mol. The van der Waals surface area contributed by atoms with E-state index in [0.29, 0.717) is 20.8 Å². The van der Waals surface area contributed by atoms with Crippen molar-refractivity contribution in [1.82, 2.24) is 4.90 Å². The SMILES string of the molecule is CN(CC(=O)c1cc(Cl)sc1Cl)CC1CCCO1. The van der Waals surface area contributed by atoms with Gasteiger partial charge in [-0.2, -0.15) is 0 Å². The molecule has 3 nitrogen and oxygen atoms in total. The van der Waals surface area contributed by atoms with E-state index in [1.54, 1.807) is 6.07 Å². The van der Waals surface area contributed by atoms with E-state index >= 15 is 0 Å². The lowest BCUT2D eigenvalue weighted by molar-refractivity contribution is 0.0741. The predicted octanol–water partition coefficient (Wildman–Crippen LogP) is 3.35. The Morgan fingerprint density at radius 2 is 2.39 bits per heavy atom. The minimum atomic E-state index is 0.00338. The number of nitrogens with zero attached hydrogens (tertiary/aromatic N) is 1. The molecule has 100 valence electrons. The van der Waals surface area contributed by atoms with Crippen LogP contribution in [0.1, 0.15) is 23.2 Å². The molecule has 6 heteroatoms. The Morgan fingerprint density at radius 3 is 2.94 bits per heavy atom. The summed E-state index contributed by atoms with van der Waals surface area (Å²) in [5.74, 6) is 0.00338. The third-order valence-electron chi connectivity index (χ3n) is 2.91. The van der Waals surface area contributed by atoms with Crippen LogP contribution in [0.2, 0.25) is 8.67 Å². The standard InChI is InChI=1S/C12H15Cl2NO2S/c1-15(6-8-3-2-4-17-8)7-10(16)9-5-11(13)18-12(9)14/h5,8H,2-4,6-7H2,1H3. The molecule has 0 spiro atoms. The molecule has 1 unspecified atom stereocenters. The second kappa shape index (κ2) is 6.35. The van der Waals surface area contributed by atoms with Gasteiger partial charge in [0.05, 0.1) is 22.5 Å². The molecule has 18 heavy (non-hydrogen) atoms. The molecule has 0 aromatic carbocycles. The molecule has 0 bridgehead atoms. The van der Waals surface area contributed by atoms with Gasteiger partial charge in [0.25, 0.3) is 0 Å². The minimum Gasteiger partial charge on any atom is -0.377 e. The van der Waals surface area contributed by atoms with Gasteiger partial charge in [0.1, 0.15) is 4.34 Å². The molecule has 2 rings (SSSR count). The fourth-order valence-corrected chi connectivity index (χ4v) is 3.56. The average Bonchev–Trinajstić information content (AvgIpc) is 2.88. The number of Topliss-reactive ketones (excluding diaryl/α,β-unsaturated/α-hetero) is 1. The lowest BCUT2D eigenvalue weighted by Crippen LogP contribution is -2.33. The van der Waals surface area contributed by atoms with Crippen LogP contribution in [0.3, 0.4) is 0 Å². The van der Waals surface area contributed by atoms with E-state index < -0.39 is 0 Å². The molecule has 1 saturated heterocycles. The first kappa shape index (κ1) is 14.3. The van der Waals surface area contributed by atoms with E-state index in [1.807, 2.05) is 11.9 Å². The van der Waals surface area contributed by atoms with Crippen LogP contribution in [0.15, 0.2) is 6.07 Å². The molecular formula is C12H15Cl2NO2S. The number of carbonyl (C=O) groups is 1. The number of thiophene rings is 1. The number of carbonyl (C=O) groups excluding carboxylic acids is 1. The van der Waals surface area contributed by atoms with E-state index in [0.717, 1.165) is 26.0 Å². The lowest BCUT2D eigenvalue weighted by Gasteiger charge is -2.19. The number of ether oxygens (including phenoxy) is 1. The van der Waals surface area contributed by atoms with E-state index in [2.05, 4.69) is 0 Å². The zero-order valence-corrected chi connectivity index (χ0v) is 12.4. The molecule has 1 atom stereocenters. The van der Waals surface area contributed by atoms with Crippen molar-refractivity contribution in [3.8, 4) is 0 Å². The van der Waals surface area contributed by atoms with Gasteiger partial charge in [-0.1, -0.05) is 23.2 Å². The number of ketones is 1. The second-order valence-electron chi connectivity index (χ2n) is 4.49. The third-order valence-corrected chi connectivity index (χ3v) is 4.40. The van der Waals surface area contributed by atoms with Crippen molar-refractivity contribution in [3.63, 3.8) is 0 Å². The maximum absolute atomic E-state index is 12.0. The lowest BCUT2D eigenvalue weighted by atomic mass is 10.2. The van der Waals surface area contributed by atoms with Crippen molar-refractivity contribution < 1.29 is 9.53 Å². The molecule has 0 radical (unpaired) electrons. The smallest absolute Gasteiger partial charge is 0.179 e. The molecule has 1 aromatic heterocycles. The number of rotatable bonds is 5. The summed E-state index contributed by atoms with van der Waals surface area (Å²) < 4.78 is 6.56. The van der Waals surface area contributed by atoms with Crippen LogP contribution in [0.25, 0.3) is 0 Å². The van der Waals surface area contributed by atoms with Crippen LogP contribution < -0.4 is 0 Å². The number of halogens is 2. The Morgan fingerprint density at radius 1 is 1.61 bits per heavy atom. The monoisotopic (exact) mass is 307 g/mol. The highest BCUT2D eigenvalue weighted by molar-refractivity contribution is 7.20. The van der Waals surface area contributed by atoms with Crippen LogP contribution in [0, 0.1) is 0 Å². The summed E-state index contributed by atoms with van der Waals surface area (Å²) in [6, 6.07) is 1.64. The molecule has 0 N–H and O–H groups in total. The zero-order valence-electron chi connectivity index (χ0n) is 10.1. The second-order valence-corrected chi connectivity index (χ2v) is 6.78. The Labute approximate surface area is 121 Å². The largest absolute Gasteiger partial charge is 0.377 e. The summed E-state index contributed by atoms with van der Waals surface area (Å²) >= 11 is 13.0. The molecule has 0 amide bonds. The van der Waals surface area contributed by atoms with Gasteiger partial charge in [-0.25, -0.2) is 0 Å². The first-order valence-electron chi connectivity index (χ1n) is 5.84. The summed E-state index contributed by atoms with van der Waals surface area (Å²) in [5, 5.41) is 0. The Balaban J connectivity index is 1.88. The van der Waals surface area contributed by atoms with Gasteiger partial charge in [0.2, 0.25) is 0 Å². The Bertz CT molecular complexity index is 430. The van der Waals surface area contributed by atoms with Crippen molar-refractivity contribution in [3.05, 3.63) is 20.3 Å². The molecular weight excluding hydrogens is 293 g/mol. The van der Waals surface area contributed by atoms with Crippen molar-refractivity contribution in [2.24, 2.45) is 0 Å². The van der Waals surface area contributed by atoms with Crippen LogP contribution >= 0.6 is 34.5 Å². The van der Waals surface area contributed by atoms with Gasteiger partial charge in [-0.15, -0.1) is 11.3 Å². The maximum atomic E-state index is 12.0. The van der Waals surface area contributed by atoms with Gasteiger partial charge < -0.3 is 4.74 Å². The van der Waals surface area contributed by atoms with Crippen LogP contribution in [0.5, 0.6) is 0 Å².